The molecule has 4 aliphatic heterocycles. The Hall–Kier alpha value is -4.59. The Bertz CT molecular complexity index is 3510. The van der Waals surface area contributed by atoms with Crippen LogP contribution in [0.5, 0.6) is 0 Å². The minimum absolute atomic E-state index is 0.0422. The first kappa shape index (κ1) is 57.8. The van der Waals surface area contributed by atoms with Crippen LogP contribution >= 0.6 is 0 Å². The Morgan fingerprint density at radius 1 is 0.779 bits per heavy atom. The minimum atomic E-state index is -1.66. The van der Waals surface area contributed by atoms with E-state index in [9.17, 15) is 34.8 Å². The molecule has 6 heterocycles. The number of aliphatic hydroxyl groups excluding tert-OH is 3. The lowest BCUT2D eigenvalue weighted by Gasteiger charge is -2.61. The average molecular weight is 1180 g/mol. The number of esters is 1. The summed E-state index contributed by atoms with van der Waals surface area (Å²) in [4.78, 5) is 51.9. The highest BCUT2D eigenvalue weighted by atomic mass is 16.8. The third-order valence-electron chi connectivity index (χ3n) is 26.5. The molecular weight excluding hydrogens is 1090 g/mol. The normalized spacial score (nSPS) is 46.9. The van der Waals surface area contributed by atoms with Crippen molar-refractivity contribution in [3.63, 3.8) is 0 Å². The number of benzene rings is 1. The number of aromatic nitrogens is 2. The SMILES string of the molecule is C[C@@H]1[C@]2(O[C@H]3C=C4[C@@H]5CC[C@H]6Cc7nc8c(nc7C[C@]6(C)[C@H]5C[C@@H](O)[C@]4(C)[C@]31O)C[C@@]1(C)[C@@H](CC[C@H]3C4=C[C@@H]5O[C@]6(CCC(C)(C)O6)[C@@H](C)[C@@H]5[C@@]4(C)[C@H](O)C[C@@H]31)C8)O[C@@](C)(COC(=O)CNC(=O)Cc1cc(=O)oc3cc(N(C)C)ccc13)C[C@H]2O. The molecule has 17 nitrogen and oxygen atoms in total. The molecule has 0 radical (unpaired) electrons. The summed E-state index contributed by atoms with van der Waals surface area (Å²) in [5.41, 5.74) is 3.30. The lowest BCUT2D eigenvalue weighted by atomic mass is 9.44. The number of fused-ring (bicyclic) bond motifs is 17. The average Bonchev–Trinajstić information content (AvgIpc) is 1.46. The number of nitrogens with zero attached hydrogens (tertiary/aromatic N) is 3. The van der Waals surface area contributed by atoms with E-state index in [0.717, 1.165) is 99.0 Å². The Morgan fingerprint density at radius 3 is 2.08 bits per heavy atom. The molecule has 86 heavy (non-hydrogen) atoms. The standard InChI is InChI=1S/C69H90N4O13/c1-34-60-52(83-67(34)19-18-61(3,4)85-67)25-45-41-15-12-37-22-47-49(29-63(37,6)43(41)26-53(74)65(45,60)8)72-50-30-64(7)38(23-48(50)71-47)13-16-42-44(64)27-54(75)66(9)46(42)28-56-68(66,80)35(2)69(84-56)55(76)31-62(5,86-69)33-81-59(79)32-70-57(77)20-36-21-58(78)82-51-24-39(73(10)11)14-17-40(36)51/h14,17,21,24-25,28,34-35,37-38,41-44,52-56,60,74-76,80H,12-13,15-16,18-20,22-23,26-27,29-33H2,1-11H3,(H,70,77)/t34-,35-,37-,38-,41+,42+,43-,44-,52-,53+,54+,55+,56-,60-,62+,63-,64-,65+,66+,67-,68+,69-/m0/s1. The summed E-state index contributed by atoms with van der Waals surface area (Å²) in [5, 5.41) is 53.9. The second-order valence-electron chi connectivity index (χ2n) is 31.4. The van der Waals surface area contributed by atoms with Crippen LogP contribution in [-0.4, -0.2) is 128 Å². The Balaban J connectivity index is 0.622. The summed E-state index contributed by atoms with van der Waals surface area (Å²) in [6, 6.07) is 6.67. The van der Waals surface area contributed by atoms with Gasteiger partial charge in [-0.15, -0.1) is 0 Å². The van der Waals surface area contributed by atoms with Gasteiger partial charge in [-0.3, -0.25) is 19.6 Å². The molecule has 15 rings (SSSR count). The Morgan fingerprint density at radius 2 is 1.43 bits per heavy atom. The topological polar surface area (TPSA) is 232 Å². The molecule has 0 bridgehead atoms. The lowest BCUT2D eigenvalue weighted by Crippen LogP contribution is -2.65. The number of anilines is 1. The van der Waals surface area contributed by atoms with Crippen LogP contribution in [0.4, 0.5) is 5.69 Å². The maximum absolute atomic E-state index is 13.3. The fourth-order valence-corrected chi connectivity index (χ4v) is 21.8. The van der Waals surface area contributed by atoms with Gasteiger partial charge in [-0.05, 0) is 155 Å². The molecule has 4 saturated carbocycles. The molecule has 464 valence electrons. The van der Waals surface area contributed by atoms with Gasteiger partial charge >= 0.3 is 11.6 Å². The van der Waals surface area contributed by atoms with Crippen molar-refractivity contribution in [2.45, 2.75) is 211 Å². The van der Waals surface area contributed by atoms with E-state index in [0.29, 0.717) is 46.6 Å². The molecule has 0 unspecified atom stereocenters. The van der Waals surface area contributed by atoms with Crippen LogP contribution in [-0.2, 0) is 65.4 Å². The van der Waals surface area contributed by atoms with Crippen LogP contribution in [0.1, 0.15) is 148 Å². The van der Waals surface area contributed by atoms with Gasteiger partial charge in [0.2, 0.25) is 11.7 Å². The van der Waals surface area contributed by atoms with Crippen molar-refractivity contribution < 1.29 is 58.1 Å². The predicted octanol–water partition coefficient (Wildman–Crippen LogP) is 7.41. The van der Waals surface area contributed by atoms with Gasteiger partial charge in [0, 0.05) is 78.7 Å². The molecule has 2 aromatic heterocycles. The summed E-state index contributed by atoms with van der Waals surface area (Å²) in [6.45, 7) is 18.8. The van der Waals surface area contributed by atoms with Crippen molar-refractivity contribution >= 4 is 28.5 Å². The van der Waals surface area contributed by atoms with Crippen molar-refractivity contribution in [1.29, 1.82) is 0 Å². The first-order valence-electron chi connectivity index (χ1n) is 32.5. The van der Waals surface area contributed by atoms with E-state index >= 15 is 0 Å². The van der Waals surface area contributed by atoms with Crippen molar-refractivity contribution in [3.8, 4) is 0 Å². The van der Waals surface area contributed by atoms with Crippen molar-refractivity contribution in [2.24, 2.45) is 74.9 Å². The number of hydrogen-bond donors (Lipinski definition) is 5. The Labute approximate surface area is 504 Å². The molecule has 8 aliphatic carbocycles. The first-order valence-corrected chi connectivity index (χ1v) is 32.5. The van der Waals surface area contributed by atoms with Crippen molar-refractivity contribution in [1.82, 2.24) is 15.3 Å². The van der Waals surface area contributed by atoms with Crippen LogP contribution in [0.2, 0.25) is 0 Å². The quantitative estimate of drug-likeness (QED) is 0.0881. The minimum Gasteiger partial charge on any atom is -0.461 e. The van der Waals surface area contributed by atoms with E-state index in [1.54, 1.807) is 19.1 Å². The van der Waals surface area contributed by atoms with Crippen LogP contribution in [0.25, 0.3) is 11.0 Å². The highest BCUT2D eigenvalue weighted by molar-refractivity contribution is 5.90. The summed E-state index contributed by atoms with van der Waals surface area (Å²) < 4.78 is 38.4. The summed E-state index contributed by atoms with van der Waals surface area (Å²) in [5.74, 6) is -2.15. The maximum Gasteiger partial charge on any atom is 0.336 e. The van der Waals surface area contributed by atoms with Gasteiger partial charge < -0.3 is 58.7 Å². The smallest absolute Gasteiger partial charge is 0.336 e. The van der Waals surface area contributed by atoms with Crippen LogP contribution < -0.4 is 15.8 Å². The first-order chi connectivity index (χ1) is 40.5. The van der Waals surface area contributed by atoms with Gasteiger partial charge in [-0.1, -0.05) is 64.8 Å². The predicted molar refractivity (Wildman–Crippen MR) is 317 cm³/mol. The number of aliphatic hydroxyl groups is 4. The van der Waals surface area contributed by atoms with Gasteiger partial charge in [0.1, 0.15) is 42.1 Å². The molecule has 2 spiro atoms. The highest BCUT2D eigenvalue weighted by Gasteiger charge is 2.79. The molecule has 1 amide bonds. The second kappa shape index (κ2) is 18.8. The Kier molecular flexibility index (Phi) is 12.6. The van der Waals surface area contributed by atoms with Crippen LogP contribution in [0.3, 0.4) is 0 Å². The number of nitrogens with one attached hydrogen (secondary N) is 1. The number of hydrogen-bond acceptors (Lipinski definition) is 16. The van der Waals surface area contributed by atoms with E-state index in [-0.39, 0.29) is 71.1 Å². The van der Waals surface area contributed by atoms with Gasteiger partial charge in [0.05, 0.1) is 53.1 Å². The number of carbonyl (C=O) groups is 2. The van der Waals surface area contributed by atoms with Crippen molar-refractivity contribution in [3.05, 3.63) is 86.3 Å². The van der Waals surface area contributed by atoms with Crippen LogP contribution in [0, 0.1) is 74.9 Å². The molecule has 22 atom stereocenters. The highest BCUT2D eigenvalue weighted by Crippen LogP contribution is 2.73. The monoisotopic (exact) mass is 1180 g/mol. The van der Waals surface area contributed by atoms with Crippen LogP contribution in [0.15, 0.2) is 56.8 Å². The molecule has 1 aromatic carbocycles. The fraction of sp³-hybridized carbons (Fsp3) is 0.725. The van der Waals surface area contributed by atoms with Gasteiger partial charge in [0.15, 0.2) is 5.79 Å². The van der Waals surface area contributed by atoms with E-state index in [1.165, 1.54) is 17.3 Å². The summed E-state index contributed by atoms with van der Waals surface area (Å²) in [7, 11) is 3.75. The number of carbonyl (C=O) groups excluding carboxylic acids is 2. The lowest BCUT2D eigenvalue weighted by molar-refractivity contribution is -0.281. The second-order valence-corrected chi connectivity index (χ2v) is 31.4. The number of amides is 1. The van der Waals surface area contributed by atoms with Crippen molar-refractivity contribution in [2.75, 3.05) is 32.1 Å². The maximum atomic E-state index is 13.3. The fourth-order valence-electron chi connectivity index (χ4n) is 21.8. The van der Waals surface area contributed by atoms with E-state index in [2.05, 4.69) is 52.9 Å². The van der Waals surface area contributed by atoms with E-state index in [4.69, 9.17) is 38.1 Å². The molecule has 8 fully saturated rings. The zero-order valence-electron chi connectivity index (χ0n) is 52.2. The molecule has 12 aliphatic rings. The molecule has 4 saturated heterocycles. The zero-order valence-corrected chi connectivity index (χ0v) is 52.2. The summed E-state index contributed by atoms with van der Waals surface area (Å²) in [6.07, 6.45) is 11.6. The number of ether oxygens (including phenoxy) is 5. The third-order valence-corrected chi connectivity index (χ3v) is 26.5. The third kappa shape index (κ3) is 7.79. The summed E-state index contributed by atoms with van der Waals surface area (Å²) >= 11 is 0. The van der Waals surface area contributed by atoms with E-state index < -0.39 is 82.6 Å². The molecule has 17 heteroatoms. The van der Waals surface area contributed by atoms with Gasteiger partial charge in [-0.25, -0.2) is 4.79 Å². The largest absolute Gasteiger partial charge is 0.461 e. The molecular formula is C69H90N4O13. The zero-order chi connectivity index (χ0) is 60.6. The molecule has 5 N–H and O–H groups in total. The van der Waals surface area contributed by atoms with Gasteiger partial charge in [-0.2, -0.15) is 0 Å². The molecule has 3 aromatic rings. The van der Waals surface area contributed by atoms with Gasteiger partial charge in [0.25, 0.3) is 0 Å². The number of rotatable bonds is 7. The van der Waals surface area contributed by atoms with E-state index in [1.807, 2.05) is 45.0 Å².